The molecule has 1 fully saturated rings. The molecular formula is C21H18N4O5S. The zero-order valence-corrected chi connectivity index (χ0v) is 17.1. The molecular weight excluding hydrogens is 420 g/mol. The fraction of sp³-hybridized carbons (Fsp3) is 0.238. The van der Waals surface area contributed by atoms with Gasteiger partial charge in [-0.3, -0.25) is 19.8 Å². The van der Waals surface area contributed by atoms with Crippen LogP contribution in [0, 0.1) is 5.92 Å². The van der Waals surface area contributed by atoms with E-state index in [9.17, 15) is 22.8 Å². The molecule has 0 aliphatic carbocycles. The van der Waals surface area contributed by atoms with Gasteiger partial charge in [0.15, 0.2) is 5.84 Å². The molecule has 0 radical (unpaired) electrons. The van der Waals surface area contributed by atoms with Crippen LogP contribution in [0.1, 0.15) is 39.1 Å². The molecule has 0 saturated carbocycles. The molecule has 0 unspecified atom stereocenters. The maximum Gasteiger partial charge on any atom is 0.285 e. The number of sulfonamides is 1. The molecule has 158 valence electrons. The van der Waals surface area contributed by atoms with Gasteiger partial charge in [-0.25, -0.2) is 0 Å². The van der Waals surface area contributed by atoms with E-state index in [4.69, 9.17) is 0 Å². The molecule has 5 rings (SSSR count). The summed E-state index contributed by atoms with van der Waals surface area (Å²) in [5.41, 5.74) is 3.56. The Morgan fingerprint density at radius 3 is 2.06 bits per heavy atom. The highest BCUT2D eigenvalue weighted by atomic mass is 32.2. The average molecular weight is 438 g/mol. The number of piperidine rings is 1. The molecule has 3 aliphatic heterocycles. The number of benzene rings is 2. The molecule has 3 aliphatic rings. The average Bonchev–Trinajstić information content (AvgIpc) is 3.20. The number of carbonyl (C=O) groups is 3. The Bertz CT molecular complexity index is 1230. The summed E-state index contributed by atoms with van der Waals surface area (Å²) in [5.74, 6) is -1.51. The topological polar surface area (TPSA) is 116 Å². The highest BCUT2D eigenvalue weighted by Gasteiger charge is 2.39. The highest BCUT2D eigenvalue weighted by Crippen LogP contribution is 2.30. The number of rotatable bonds is 2. The van der Waals surface area contributed by atoms with Gasteiger partial charge in [-0.2, -0.15) is 13.4 Å². The number of imide groups is 1. The molecule has 0 aromatic heterocycles. The number of carbonyl (C=O) groups excluding carboxylic acids is 3. The van der Waals surface area contributed by atoms with E-state index in [0.29, 0.717) is 37.3 Å². The van der Waals surface area contributed by atoms with Crippen molar-refractivity contribution in [2.45, 2.75) is 17.7 Å². The van der Waals surface area contributed by atoms with Gasteiger partial charge in [-0.15, -0.1) is 4.40 Å². The zero-order chi connectivity index (χ0) is 21.8. The second-order valence-electron chi connectivity index (χ2n) is 7.61. The van der Waals surface area contributed by atoms with Crippen molar-refractivity contribution in [3.8, 4) is 0 Å². The number of nitrogens with zero attached hydrogens (tertiary/aromatic N) is 3. The van der Waals surface area contributed by atoms with Crippen molar-refractivity contribution in [1.82, 2.24) is 15.3 Å². The fourth-order valence-electron chi connectivity index (χ4n) is 4.16. The maximum atomic E-state index is 12.7. The van der Waals surface area contributed by atoms with Crippen LogP contribution in [0.4, 0.5) is 0 Å². The monoisotopic (exact) mass is 438 g/mol. The van der Waals surface area contributed by atoms with E-state index in [1.54, 1.807) is 42.5 Å². The lowest BCUT2D eigenvalue weighted by atomic mass is 9.95. The summed E-state index contributed by atoms with van der Waals surface area (Å²) < 4.78 is 28.5. The number of fused-ring (bicyclic) bond motifs is 2. The first-order valence-electron chi connectivity index (χ1n) is 9.84. The van der Waals surface area contributed by atoms with Gasteiger partial charge in [0, 0.05) is 24.6 Å². The van der Waals surface area contributed by atoms with Crippen molar-refractivity contribution in [1.29, 1.82) is 0 Å². The highest BCUT2D eigenvalue weighted by molar-refractivity contribution is 7.90. The molecule has 2 aromatic carbocycles. The SMILES string of the molecule is O=C(NN1C(=O)c2ccccc2C1=O)C1CCN(C2=NS(=O)(=O)c3ccccc32)CC1. The first-order chi connectivity index (χ1) is 14.9. The molecule has 3 heterocycles. The smallest absolute Gasteiger partial charge is 0.285 e. The Labute approximate surface area is 178 Å². The Balaban J connectivity index is 1.25. The second kappa shape index (κ2) is 7.02. The first kappa shape index (κ1) is 19.4. The van der Waals surface area contributed by atoms with Gasteiger partial charge in [0.2, 0.25) is 5.91 Å². The van der Waals surface area contributed by atoms with Crippen LogP contribution in [-0.4, -0.2) is 55.0 Å². The Hall–Kier alpha value is -3.53. The lowest BCUT2D eigenvalue weighted by molar-refractivity contribution is -0.129. The van der Waals surface area contributed by atoms with Crippen molar-refractivity contribution >= 4 is 33.6 Å². The Morgan fingerprint density at radius 2 is 1.45 bits per heavy atom. The molecule has 9 nitrogen and oxygen atoms in total. The molecule has 1 saturated heterocycles. The van der Waals surface area contributed by atoms with Crippen molar-refractivity contribution in [2.75, 3.05) is 13.1 Å². The molecule has 0 spiro atoms. The third-order valence-corrected chi connectivity index (χ3v) is 7.12. The number of amidine groups is 1. The standard InChI is InChI=1S/C21H18N4O5S/c26-19(22-25-20(27)14-5-1-2-6-15(14)21(25)28)13-9-11-24(12-10-13)18-16-7-3-4-8-17(16)31(29,30)23-18/h1-8,13H,9-12H2,(H,22,26). The van der Waals surface area contributed by atoms with E-state index in [0.717, 1.165) is 5.01 Å². The van der Waals surface area contributed by atoms with Gasteiger partial charge in [0.25, 0.3) is 21.8 Å². The van der Waals surface area contributed by atoms with Gasteiger partial charge in [0.1, 0.15) is 4.90 Å². The molecule has 0 bridgehead atoms. The second-order valence-corrected chi connectivity index (χ2v) is 9.19. The lowest BCUT2D eigenvalue weighted by Gasteiger charge is -2.33. The molecule has 10 heteroatoms. The van der Waals surface area contributed by atoms with Crippen molar-refractivity contribution in [2.24, 2.45) is 10.3 Å². The van der Waals surface area contributed by atoms with E-state index in [-0.39, 0.29) is 16.0 Å². The third-order valence-electron chi connectivity index (χ3n) is 5.79. The van der Waals surface area contributed by atoms with Crippen LogP contribution in [0.3, 0.4) is 0 Å². The Kier molecular flexibility index (Phi) is 4.40. The largest absolute Gasteiger partial charge is 0.355 e. The van der Waals surface area contributed by atoms with Crippen LogP contribution in [0.15, 0.2) is 57.8 Å². The molecule has 1 N–H and O–H groups in total. The Morgan fingerprint density at radius 1 is 0.903 bits per heavy atom. The summed E-state index contributed by atoms with van der Waals surface area (Å²) in [5, 5.41) is 0.767. The summed E-state index contributed by atoms with van der Waals surface area (Å²) in [6.07, 6.45) is 0.881. The minimum Gasteiger partial charge on any atom is -0.355 e. The number of likely N-dealkylation sites (tertiary alicyclic amines) is 1. The molecule has 2 aromatic rings. The van der Waals surface area contributed by atoms with Crippen LogP contribution in [0.2, 0.25) is 0 Å². The van der Waals surface area contributed by atoms with Gasteiger partial charge in [-0.1, -0.05) is 24.3 Å². The van der Waals surface area contributed by atoms with E-state index in [1.165, 1.54) is 6.07 Å². The van der Waals surface area contributed by atoms with Gasteiger partial charge < -0.3 is 4.90 Å². The number of hydrogen-bond donors (Lipinski definition) is 1. The number of nitrogens with one attached hydrogen (secondary N) is 1. The van der Waals surface area contributed by atoms with Crippen molar-refractivity contribution in [3.05, 3.63) is 65.2 Å². The molecule has 31 heavy (non-hydrogen) atoms. The lowest BCUT2D eigenvalue weighted by Crippen LogP contribution is -2.50. The zero-order valence-electron chi connectivity index (χ0n) is 16.3. The van der Waals surface area contributed by atoms with Crippen LogP contribution < -0.4 is 5.43 Å². The minimum atomic E-state index is -3.70. The maximum absolute atomic E-state index is 12.7. The minimum absolute atomic E-state index is 0.190. The number of amides is 3. The predicted molar refractivity (Wildman–Crippen MR) is 110 cm³/mol. The summed E-state index contributed by atoms with van der Waals surface area (Å²) in [6.45, 7) is 0.867. The van der Waals surface area contributed by atoms with Gasteiger partial charge in [0.05, 0.1) is 11.1 Å². The van der Waals surface area contributed by atoms with Crippen molar-refractivity contribution < 1.29 is 22.8 Å². The fourth-order valence-corrected chi connectivity index (χ4v) is 5.39. The number of hydrazine groups is 1. The van der Waals surface area contributed by atoms with Gasteiger partial charge >= 0.3 is 0 Å². The summed E-state index contributed by atoms with van der Waals surface area (Å²) in [4.78, 5) is 39.6. The normalized spacial score (nSPS) is 19.8. The van der Waals surface area contributed by atoms with E-state index in [2.05, 4.69) is 9.82 Å². The molecule has 3 amide bonds. The quantitative estimate of drug-likeness (QED) is 0.704. The van der Waals surface area contributed by atoms with E-state index < -0.39 is 33.7 Å². The van der Waals surface area contributed by atoms with Gasteiger partial charge in [-0.05, 0) is 37.1 Å². The summed E-state index contributed by atoms with van der Waals surface area (Å²) in [6, 6.07) is 13.1. The number of hydrogen-bond acceptors (Lipinski definition) is 6. The summed E-state index contributed by atoms with van der Waals surface area (Å²) >= 11 is 0. The van der Waals surface area contributed by atoms with Crippen LogP contribution >= 0.6 is 0 Å². The van der Waals surface area contributed by atoms with Crippen LogP contribution in [-0.2, 0) is 14.8 Å². The van der Waals surface area contributed by atoms with E-state index in [1.807, 2.05) is 4.90 Å². The van der Waals surface area contributed by atoms with Crippen LogP contribution in [0.5, 0.6) is 0 Å². The van der Waals surface area contributed by atoms with E-state index >= 15 is 0 Å². The first-order valence-corrected chi connectivity index (χ1v) is 11.3. The van der Waals surface area contributed by atoms with Crippen LogP contribution in [0.25, 0.3) is 0 Å². The summed E-state index contributed by atoms with van der Waals surface area (Å²) in [7, 11) is -3.70. The molecule has 0 atom stereocenters. The van der Waals surface area contributed by atoms with Crippen molar-refractivity contribution in [3.63, 3.8) is 0 Å². The predicted octanol–water partition coefficient (Wildman–Crippen LogP) is 1.17. The third kappa shape index (κ3) is 3.10.